The third kappa shape index (κ3) is 1.93. The molecule has 0 aromatic heterocycles. The number of nitrogens with zero attached hydrogens (tertiary/aromatic N) is 2. The van der Waals surface area contributed by atoms with Gasteiger partial charge in [0.25, 0.3) is 0 Å². The number of carbonyl (C=O) groups is 1. The standard InChI is InChI=1S/C7H12N2O3/c1-6(10)8-4-2-7(3-5-8)9(11)12/h7H,2-5H2,1H3. The summed E-state index contributed by atoms with van der Waals surface area (Å²) in [5.41, 5.74) is 0. The molecule has 0 saturated carbocycles. The van der Waals surface area contributed by atoms with Crippen LogP contribution < -0.4 is 0 Å². The number of hydrogen-bond acceptors (Lipinski definition) is 3. The molecule has 1 saturated heterocycles. The second-order valence-electron chi connectivity index (χ2n) is 3.02. The molecule has 1 aliphatic rings. The van der Waals surface area contributed by atoms with E-state index >= 15 is 0 Å². The van der Waals surface area contributed by atoms with Crippen LogP contribution in [0.2, 0.25) is 0 Å². The van der Waals surface area contributed by atoms with E-state index in [0.717, 1.165) is 0 Å². The SMILES string of the molecule is CC(=O)N1CCC([N+](=O)[O-])CC1. The smallest absolute Gasteiger partial charge is 0.219 e. The van der Waals surface area contributed by atoms with Crippen LogP contribution in [0.5, 0.6) is 0 Å². The van der Waals surface area contributed by atoms with Crippen molar-refractivity contribution < 1.29 is 9.72 Å². The highest BCUT2D eigenvalue weighted by atomic mass is 16.6. The van der Waals surface area contributed by atoms with Crippen molar-refractivity contribution in [3.63, 3.8) is 0 Å². The minimum atomic E-state index is -0.444. The molecule has 0 aliphatic carbocycles. The molecule has 0 bridgehead atoms. The average molecular weight is 172 g/mol. The van der Waals surface area contributed by atoms with Crippen LogP contribution in [0.3, 0.4) is 0 Å². The van der Waals surface area contributed by atoms with E-state index in [2.05, 4.69) is 0 Å². The molecular formula is C7H12N2O3. The Kier molecular flexibility index (Phi) is 2.62. The molecule has 1 rings (SSSR count). The lowest BCUT2D eigenvalue weighted by Crippen LogP contribution is -2.41. The van der Waals surface area contributed by atoms with Crippen LogP contribution in [0.15, 0.2) is 0 Å². The largest absolute Gasteiger partial charge is 0.342 e. The van der Waals surface area contributed by atoms with Gasteiger partial charge in [0, 0.05) is 37.8 Å². The lowest BCUT2D eigenvalue weighted by atomic mass is 10.1. The number of amides is 1. The van der Waals surface area contributed by atoms with Crippen LogP contribution in [-0.2, 0) is 4.79 Å². The third-order valence-electron chi connectivity index (χ3n) is 2.21. The zero-order valence-corrected chi connectivity index (χ0v) is 7.02. The number of rotatable bonds is 1. The van der Waals surface area contributed by atoms with E-state index in [1.165, 1.54) is 6.92 Å². The van der Waals surface area contributed by atoms with Crippen molar-refractivity contribution in [2.24, 2.45) is 0 Å². The average Bonchev–Trinajstić information content (AvgIpc) is 2.04. The molecule has 1 heterocycles. The van der Waals surface area contributed by atoms with Gasteiger partial charge in [-0.3, -0.25) is 14.9 Å². The number of hydrogen-bond donors (Lipinski definition) is 0. The summed E-state index contributed by atoms with van der Waals surface area (Å²) in [4.78, 5) is 22.6. The molecule has 0 unspecified atom stereocenters. The number of carbonyl (C=O) groups excluding carboxylic acids is 1. The van der Waals surface area contributed by atoms with Crippen LogP contribution in [0, 0.1) is 10.1 Å². The van der Waals surface area contributed by atoms with Gasteiger partial charge in [-0.25, -0.2) is 0 Å². The predicted molar refractivity (Wildman–Crippen MR) is 42.3 cm³/mol. The highest BCUT2D eigenvalue weighted by molar-refractivity contribution is 5.73. The highest BCUT2D eigenvalue weighted by Gasteiger charge is 2.27. The summed E-state index contributed by atoms with van der Waals surface area (Å²) < 4.78 is 0. The van der Waals surface area contributed by atoms with Gasteiger partial charge in [-0.1, -0.05) is 0 Å². The number of likely N-dealkylation sites (tertiary alicyclic amines) is 1. The minimum absolute atomic E-state index is 0.0109. The van der Waals surface area contributed by atoms with Gasteiger partial charge in [-0.05, 0) is 0 Å². The summed E-state index contributed by atoms with van der Waals surface area (Å²) in [6, 6.07) is -0.444. The minimum Gasteiger partial charge on any atom is -0.342 e. The van der Waals surface area contributed by atoms with Crippen molar-refractivity contribution in [2.75, 3.05) is 13.1 Å². The summed E-state index contributed by atoms with van der Waals surface area (Å²) in [7, 11) is 0. The zero-order chi connectivity index (χ0) is 9.14. The lowest BCUT2D eigenvalue weighted by molar-refractivity contribution is -0.526. The van der Waals surface area contributed by atoms with Crippen LogP contribution in [0.25, 0.3) is 0 Å². The van der Waals surface area contributed by atoms with Crippen LogP contribution in [-0.4, -0.2) is 34.9 Å². The molecule has 1 amide bonds. The summed E-state index contributed by atoms with van der Waals surface area (Å²) >= 11 is 0. The van der Waals surface area contributed by atoms with Crippen LogP contribution in [0.4, 0.5) is 0 Å². The van der Waals surface area contributed by atoms with Gasteiger partial charge in [0.2, 0.25) is 11.9 Å². The Morgan fingerprint density at radius 3 is 2.33 bits per heavy atom. The number of nitro groups is 1. The molecule has 5 nitrogen and oxygen atoms in total. The van der Waals surface area contributed by atoms with Gasteiger partial charge in [0.1, 0.15) is 0 Å². The summed E-state index contributed by atoms with van der Waals surface area (Å²) in [5, 5.41) is 10.3. The predicted octanol–water partition coefficient (Wildman–Crippen LogP) is 0.274. The fourth-order valence-corrected chi connectivity index (χ4v) is 1.39. The van der Waals surface area contributed by atoms with Gasteiger partial charge >= 0.3 is 0 Å². The molecule has 12 heavy (non-hydrogen) atoms. The van der Waals surface area contributed by atoms with E-state index < -0.39 is 6.04 Å². The van der Waals surface area contributed by atoms with Gasteiger partial charge in [-0.15, -0.1) is 0 Å². The Hall–Kier alpha value is -1.13. The van der Waals surface area contributed by atoms with Crippen molar-refractivity contribution in [1.82, 2.24) is 4.90 Å². The van der Waals surface area contributed by atoms with Crippen molar-refractivity contribution in [1.29, 1.82) is 0 Å². The third-order valence-corrected chi connectivity index (χ3v) is 2.21. The van der Waals surface area contributed by atoms with Crippen molar-refractivity contribution >= 4 is 5.91 Å². The maximum absolute atomic E-state index is 10.8. The van der Waals surface area contributed by atoms with Gasteiger partial charge in [0.15, 0.2) is 0 Å². The Morgan fingerprint density at radius 2 is 2.00 bits per heavy atom. The van der Waals surface area contributed by atoms with Gasteiger partial charge < -0.3 is 4.90 Å². The van der Waals surface area contributed by atoms with Crippen molar-refractivity contribution in [3.05, 3.63) is 10.1 Å². The summed E-state index contributed by atoms with van der Waals surface area (Å²) in [5.74, 6) is 0.0109. The molecule has 0 aromatic carbocycles. The molecule has 1 fully saturated rings. The fraction of sp³-hybridized carbons (Fsp3) is 0.857. The molecule has 0 atom stereocenters. The second kappa shape index (κ2) is 3.51. The van der Waals surface area contributed by atoms with E-state index in [4.69, 9.17) is 0 Å². The van der Waals surface area contributed by atoms with E-state index in [1.54, 1.807) is 4.90 Å². The quantitative estimate of drug-likeness (QED) is 0.421. The van der Waals surface area contributed by atoms with Crippen LogP contribution >= 0.6 is 0 Å². The fourth-order valence-electron chi connectivity index (χ4n) is 1.39. The van der Waals surface area contributed by atoms with E-state index in [9.17, 15) is 14.9 Å². The number of piperidine rings is 1. The zero-order valence-electron chi connectivity index (χ0n) is 7.02. The molecular weight excluding hydrogens is 160 g/mol. The van der Waals surface area contributed by atoms with Crippen molar-refractivity contribution in [3.8, 4) is 0 Å². The molecule has 68 valence electrons. The van der Waals surface area contributed by atoms with Gasteiger partial charge in [0.05, 0.1) is 0 Å². The topological polar surface area (TPSA) is 63.5 Å². The maximum Gasteiger partial charge on any atom is 0.219 e. The first-order valence-electron chi connectivity index (χ1n) is 4.00. The normalized spacial score (nSPS) is 19.2. The first-order chi connectivity index (χ1) is 5.61. The van der Waals surface area contributed by atoms with E-state index in [0.29, 0.717) is 25.9 Å². The molecule has 0 N–H and O–H groups in total. The summed E-state index contributed by atoms with van der Waals surface area (Å²) in [6.07, 6.45) is 0.985. The molecule has 0 aromatic rings. The van der Waals surface area contributed by atoms with Crippen LogP contribution in [0.1, 0.15) is 19.8 Å². The first-order valence-corrected chi connectivity index (χ1v) is 4.00. The second-order valence-corrected chi connectivity index (χ2v) is 3.02. The van der Waals surface area contributed by atoms with Gasteiger partial charge in [-0.2, -0.15) is 0 Å². The van der Waals surface area contributed by atoms with Crippen molar-refractivity contribution in [2.45, 2.75) is 25.8 Å². The highest BCUT2D eigenvalue weighted by Crippen LogP contribution is 2.12. The molecule has 5 heteroatoms. The Bertz CT molecular complexity index is 175. The monoisotopic (exact) mass is 172 g/mol. The molecule has 0 spiro atoms. The maximum atomic E-state index is 10.8. The van der Waals surface area contributed by atoms with E-state index in [1.807, 2.05) is 0 Å². The van der Waals surface area contributed by atoms with E-state index in [-0.39, 0.29) is 10.8 Å². The Labute approximate surface area is 70.5 Å². The lowest BCUT2D eigenvalue weighted by Gasteiger charge is -2.26. The summed E-state index contributed by atoms with van der Waals surface area (Å²) in [6.45, 7) is 2.55. The molecule has 0 radical (unpaired) electrons. The Morgan fingerprint density at radius 1 is 1.50 bits per heavy atom. The Balaban J connectivity index is 2.39. The first kappa shape index (κ1) is 8.96. The molecule has 1 aliphatic heterocycles.